The third-order valence-electron chi connectivity index (χ3n) is 4.02. The van der Waals surface area contributed by atoms with Gasteiger partial charge < -0.3 is 15.4 Å². The number of carbonyl (C=O) groups excluding carboxylic acids is 2. The fourth-order valence-corrected chi connectivity index (χ4v) is 2.83. The molecule has 27 heavy (non-hydrogen) atoms. The van der Waals surface area contributed by atoms with Crippen LogP contribution >= 0.6 is 0 Å². The molecule has 2 N–H and O–H groups in total. The van der Waals surface area contributed by atoms with E-state index in [1.54, 1.807) is 40.0 Å². The highest BCUT2D eigenvalue weighted by Crippen LogP contribution is 2.30. The van der Waals surface area contributed by atoms with Crippen LogP contribution in [0.25, 0.3) is 0 Å². The molecule has 1 aliphatic rings. The minimum Gasteiger partial charge on any atom is -0.462 e. The van der Waals surface area contributed by atoms with Crippen LogP contribution < -0.4 is 10.6 Å². The topological polar surface area (TPSA) is 97.6 Å². The van der Waals surface area contributed by atoms with E-state index in [2.05, 4.69) is 20.7 Å². The maximum Gasteiger partial charge on any atom is 0.343 e. The van der Waals surface area contributed by atoms with E-state index in [4.69, 9.17) is 4.74 Å². The van der Waals surface area contributed by atoms with Crippen molar-refractivity contribution in [2.75, 3.05) is 11.9 Å². The summed E-state index contributed by atoms with van der Waals surface area (Å²) in [5.74, 6) is -0.839. The number of ether oxygens (including phenoxy) is 1. The van der Waals surface area contributed by atoms with Gasteiger partial charge in [0.25, 0.3) is 5.91 Å². The molecular weight excluding hydrogens is 346 g/mol. The molecule has 1 amide bonds. The quantitative estimate of drug-likeness (QED) is 0.812. The zero-order valence-corrected chi connectivity index (χ0v) is 15.7. The lowest BCUT2D eigenvalue weighted by Crippen LogP contribution is -2.36. The van der Waals surface area contributed by atoms with Gasteiger partial charge in [0.1, 0.15) is 17.1 Å². The monoisotopic (exact) mass is 367 g/mol. The number of fused-ring (bicyclic) bond motifs is 1. The molecule has 140 valence electrons. The Morgan fingerprint density at radius 1 is 1.26 bits per heavy atom. The SMILES string of the molecule is CCOC(=O)C1=C(C)Nc2ccccc2N=C1NC(=O)c1cc(C)nn1C. The summed E-state index contributed by atoms with van der Waals surface area (Å²) in [6.45, 7) is 5.48. The second-order valence-corrected chi connectivity index (χ2v) is 6.07. The first-order valence-electron chi connectivity index (χ1n) is 8.55. The summed E-state index contributed by atoms with van der Waals surface area (Å²) < 4.78 is 6.65. The van der Waals surface area contributed by atoms with Crippen LogP contribution in [0.4, 0.5) is 11.4 Å². The number of amidine groups is 1. The van der Waals surface area contributed by atoms with E-state index >= 15 is 0 Å². The Kier molecular flexibility index (Phi) is 5.07. The van der Waals surface area contributed by atoms with Crippen molar-refractivity contribution in [2.24, 2.45) is 12.0 Å². The molecule has 2 heterocycles. The van der Waals surface area contributed by atoms with Gasteiger partial charge >= 0.3 is 5.97 Å². The lowest BCUT2D eigenvalue weighted by Gasteiger charge is -2.13. The Hall–Kier alpha value is -3.42. The highest BCUT2D eigenvalue weighted by atomic mass is 16.5. The van der Waals surface area contributed by atoms with Crippen LogP contribution in [0.3, 0.4) is 0 Å². The number of benzene rings is 1. The average Bonchev–Trinajstić information content (AvgIpc) is 2.87. The van der Waals surface area contributed by atoms with E-state index in [-0.39, 0.29) is 18.0 Å². The van der Waals surface area contributed by atoms with Gasteiger partial charge in [-0.1, -0.05) is 12.1 Å². The summed E-state index contributed by atoms with van der Waals surface area (Å²) in [7, 11) is 1.68. The Balaban J connectivity index is 2.05. The van der Waals surface area contributed by atoms with Crippen molar-refractivity contribution in [2.45, 2.75) is 20.8 Å². The molecule has 0 radical (unpaired) electrons. The average molecular weight is 367 g/mol. The molecule has 8 heteroatoms. The Morgan fingerprint density at radius 2 is 2.00 bits per heavy atom. The lowest BCUT2D eigenvalue weighted by atomic mass is 10.2. The van der Waals surface area contributed by atoms with E-state index in [1.165, 1.54) is 4.68 Å². The van der Waals surface area contributed by atoms with Gasteiger partial charge in [-0.15, -0.1) is 0 Å². The van der Waals surface area contributed by atoms with Crippen LogP contribution in [-0.4, -0.2) is 34.1 Å². The maximum absolute atomic E-state index is 12.8. The summed E-state index contributed by atoms with van der Waals surface area (Å²) >= 11 is 0. The van der Waals surface area contributed by atoms with E-state index < -0.39 is 11.9 Å². The smallest absolute Gasteiger partial charge is 0.343 e. The van der Waals surface area contributed by atoms with Gasteiger partial charge in [-0.2, -0.15) is 5.10 Å². The van der Waals surface area contributed by atoms with Crippen LogP contribution in [0, 0.1) is 6.92 Å². The van der Waals surface area contributed by atoms with Crippen molar-refractivity contribution in [3.05, 3.63) is 53.0 Å². The Labute approximate surface area is 156 Å². The summed E-state index contributed by atoms with van der Waals surface area (Å²) in [4.78, 5) is 29.8. The van der Waals surface area contributed by atoms with E-state index in [1.807, 2.05) is 18.2 Å². The molecule has 0 spiro atoms. The number of hydrogen-bond acceptors (Lipinski definition) is 6. The summed E-state index contributed by atoms with van der Waals surface area (Å²) in [6, 6.07) is 9.00. The number of hydrogen-bond donors (Lipinski definition) is 2. The minimum absolute atomic E-state index is 0.132. The minimum atomic E-state index is -0.560. The Bertz CT molecular complexity index is 971. The molecule has 0 saturated heterocycles. The molecule has 0 bridgehead atoms. The number of allylic oxidation sites excluding steroid dienone is 1. The van der Waals surface area contributed by atoms with Crippen molar-refractivity contribution in [1.82, 2.24) is 15.1 Å². The summed E-state index contributed by atoms with van der Waals surface area (Å²) in [5.41, 5.74) is 3.14. The molecule has 0 aliphatic carbocycles. The zero-order valence-electron chi connectivity index (χ0n) is 15.7. The largest absolute Gasteiger partial charge is 0.462 e. The number of para-hydroxylation sites is 2. The molecule has 3 rings (SSSR count). The van der Waals surface area contributed by atoms with Gasteiger partial charge in [0.2, 0.25) is 0 Å². The van der Waals surface area contributed by atoms with Crippen molar-refractivity contribution >= 4 is 29.1 Å². The van der Waals surface area contributed by atoms with Gasteiger partial charge in [-0.3, -0.25) is 9.48 Å². The first kappa shape index (κ1) is 18.4. The van der Waals surface area contributed by atoms with Crippen molar-refractivity contribution in [1.29, 1.82) is 0 Å². The summed E-state index contributed by atoms with van der Waals surface area (Å²) in [6.07, 6.45) is 0. The number of amides is 1. The molecule has 1 aliphatic heterocycles. The Morgan fingerprint density at radius 3 is 2.67 bits per heavy atom. The van der Waals surface area contributed by atoms with Gasteiger partial charge in [0.05, 0.1) is 23.7 Å². The number of carbonyl (C=O) groups is 2. The van der Waals surface area contributed by atoms with E-state index in [9.17, 15) is 9.59 Å². The maximum atomic E-state index is 12.8. The molecule has 0 fully saturated rings. The van der Waals surface area contributed by atoms with Crippen molar-refractivity contribution in [3.63, 3.8) is 0 Å². The van der Waals surface area contributed by atoms with Gasteiger partial charge in [0, 0.05) is 12.7 Å². The van der Waals surface area contributed by atoms with E-state index in [0.717, 1.165) is 11.4 Å². The fraction of sp³-hybridized carbons (Fsp3) is 0.263. The van der Waals surface area contributed by atoms with Crippen molar-refractivity contribution < 1.29 is 14.3 Å². The molecule has 0 saturated carbocycles. The number of aromatic nitrogens is 2. The fourth-order valence-electron chi connectivity index (χ4n) is 2.83. The van der Waals surface area contributed by atoms with Crippen LogP contribution in [-0.2, 0) is 16.6 Å². The standard InChI is InChI=1S/C19H21N5O3/c1-5-27-19(26)16-12(3)20-13-8-6-7-9-14(13)21-17(16)22-18(25)15-10-11(2)23-24(15)4/h6-10,20H,5H2,1-4H3,(H,21,22,25). The van der Waals surface area contributed by atoms with Gasteiger partial charge in [0.15, 0.2) is 0 Å². The van der Waals surface area contributed by atoms with Crippen molar-refractivity contribution in [3.8, 4) is 0 Å². The normalized spacial score (nSPS) is 13.3. The van der Waals surface area contributed by atoms with Gasteiger partial charge in [-0.05, 0) is 39.0 Å². The first-order chi connectivity index (χ1) is 12.9. The third-order valence-corrected chi connectivity index (χ3v) is 4.02. The molecule has 1 aromatic carbocycles. The number of aryl methyl sites for hydroxylation is 2. The molecular formula is C19H21N5O3. The van der Waals surface area contributed by atoms with Crippen LogP contribution in [0.1, 0.15) is 30.0 Å². The highest BCUT2D eigenvalue weighted by Gasteiger charge is 2.27. The third kappa shape index (κ3) is 3.74. The highest BCUT2D eigenvalue weighted by molar-refractivity contribution is 6.25. The number of nitrogens with one attached hydrogen (secondary N) is 2. The molecule has 0 atom stereocenters. The number of esters is 1. The number of anilines is 1. The van der Waals surface area contributed by atoms with Gasteiger partial charge in [-0.25, -0.2) is 9.79 Å². The predicted octanol–water partition coefficient (Wildman–Crippen LogP) is 2.45. The predicted molar refractivity (Wildman–Crippen MR) is 102 cm³/mol. The number of rotatable bonds is 3. The lowest BCUT2D eigenvalue weighted by molar-refractivity contribution is -0.137. The molecule has 2 aromatic rings. The molecule has 1 aromatic heterocycles. The molecule has 8 nitrogen and oxygen atoms in total. The van der Waals surface area contributed by atoms with Crippen LogP contribution in [0.15, 0.2) is 46.6 Å². The van der Waals surface area contributed by atoms with Crippen LogP contribution in [0.5, 0.6) is 0 Å². The summed E-state index contributed by atoms with van der Waals surface area (Å²) in [5, 5.41) is 10.1. The number of nitrogens with zero attached hydrogens (tertiary/aromatic N) is 3. The van der Waals surface area contributed by atoms with Crippen LogP contribution in [0.2, 0.25) is 0 Å². The first-order valence-corrected chi connectivity index (χ1v) is 8.55. The zero-order chi connectivity index (χ0) is 19.6. The second-order valence-electron chi connectivity index (χ2n) is 6.07. The number of aliphatic imine (C=N–C) groups is 1. The second kappa shape index (κ2) is 7.45. The van der Waals surface area contributed by atoms with E-state index in [0.29, 0.717) is 17.1 Å². The molecule has 0 unspecified atom stereocenters.